The zero-order valence-corrected chi connectivity index (χ0v) is 11.0. The third-order valence-electron chi connectivity index (χ3n) is 2.91. The predicted molar refractivity (Wildman–Crippen MR) is 68.9 cm³/mol. The fourth-order valence-corrected chi connectivity index (χ4v) is 1.86. The van der Waals surface area contributed by atoms with Crippen molar-refractivity contribution in [2.45, 2.75) is 19.4 Å². The fourth-order valence-electron chi connectivity index (χ4n) is 1.86. The van der Waals surface area contributed by atoms with E-state index in [0.717, 1.165) is 0 Å². The molecule has 0 amide bonds. The minimum absolute atomic E-state index is 0.0180. The normalized spacial score (nSPS) is 13.7. The van der Waals surface area contributed by atoms with Crippen molar-refractivity contribution in [3.63, 3.8) is 0 Å². The number of benzene rings is 1. The fraction of sp³-hybridized carbons (Fsp3) is 0.417. The number of carbonyl (C=O) groups is 1. The average Bonchev–Trinajstić information content (AvgIpc) is 2.89. The van der Waals surface area contributed by atoms with Gasteiger partial charge in [-0.2, -0.15) is 0 Å². The van der Waals surface area contributed by atoms with Crippen LogP contribution >= 0.6 is 0 Å². The topological polar surface area (TPSA) is 99.9 Å². The van der Waals surface area contributed by atoms with Crippen molar-refractivity contribution in [3.05, 3.63) is 22.2 Å². The number of carbonyl (C=O) groups excluding carboxylic acids is 1. The average molecular weight is 282 g/mol. The molecule has 0 fully saturated rings. The molecule has 0 saturated carbocycles. The third kappa shape index (κ3) is 2.58. The molecule has 8 nitrogen and oxygen atoms in total. The van der Waals surface area contributed by atoms with E-state index in [4.69, 9.17) is 9.47 Å². The van der Waals surface area contributed by atoms with Gasteiger partial charge in [0.25, 0.3) is 5.69 Å². The zero-order valence-electron chi connectivity index (χ0n) is 11.0. The summed E-state index contributed by atoms with van der Waals surface area (Å²) >= 11 is 0. The van der Waals surface area contributed by atoms with Crippen molar-refractivity contribution in [1.82, 2.24) is 0 Å². The van der Waals surface area contributed by atoms with E-state index in [1.165, 1.54) is 19.2 Å². The monoisotopic (exact) mass is 282 g/mol. The molecule has 2 rings (SSSR count). The second kappa shape index (κ2) is 5.64. The number of rotatable bonds is 5. The number of fused-ring (bicyclic) bond motifs is 1. The summed E-state index contributed by atoms with van der Waals surface area (Å²) in [5.41, 5.74) is 0.00750. The molecule has 1 aromatic rings. The van der Waals surface area contributed by atoms with Crippen LogP contribution in [0.25, 0.3) is 0 Å². The van der Waals surface area contributed by atoms with Gasteiger partial charge in [0.05, 0.1) is 18.1 Å². The highest BCUT2D eigenvalue weighted by Gasteiger charge is 2.26. The van der Waals surface area contributed by atoms with Gasteiger partial charge in [-0.25, -0.2) is 4.79 Å². The number of methoxy groups -OCH3 is 1. The Morgan fingerprint density at radius 1 is 1.50 bits per heavy atom. The van der Waals surface area contributed by atoms with E-state index >= 15 is 0 Å². The lowest BCUT2D eigenvalue weighted by Crippen LogP contribution is -2.30. The first-order chi connectivity index (χ1) is 9.56. The molecule has 0 radical (unpaired) electrons. The molecule has 1 atom stereocenters. The maximum Gasteiger partial charge on any atom is 0.328 e. The maximum absolute atomic E-state index is 11.6. The molecular weight excluding hydrogens is 268 g/mol. The third-order valence-corrected chi connectivity index (χ3v) is 2.91. The van der Waals surface area contributed by atoms with E-state index in [1.54, 1.807) is 6.92 Å². The SMILES string of the molecule is CCC(Nc1cc2c(cc1[N+](=O)[O-])OCO2)C(=O)OC. The Labute approximate surface area is 114 Å². The Morgan fingerprint density at radius 3 is 2.70 bits per heavy atom. The number of ether oxygens (including phenoxy) is 3. The van der Waals surface area contributed by atoms with Crippen LogP contribution in [0.2, 0.25) is 0 Å². The van der Waals surface area contributed by atoms with Crippen LogP contribution in [0.5, 0.6) is 11.5 Å². The molecule has 0 aromatic heterocycles. The molecule has 0 aliphatic carbocycles. The van der Waals surface area contributed by atoms with Gasteiger partial charge in [0.1, 0.15) is 11.7 Å². The Bertz CT molecular complexity index is 545. The van der Waals surface area contributed by atoms with Crippen molar-refractivity contribution in [2.24, 2.45) is 0 Å². The molecular formula is C12H14N2O6. The van der Waals surface area contributed by atoms with Crippen molar-refractivity contribution in [3.8, 4) is 11.5 Å². The number of esters is 1. The molecule has 8 heteroatoms. The number of nitro groups is 1. The molecule has 0 spiro atoms. The Balaban J connectivity index is 2.34. The first kappa shape index (κ1) is 13.9. The van der Waals surface area contributed by atoms with Crippen molar-refractivity contribution in [2.75, 3.05) is 19.2 Å². The van der Waals surface area contributed by atoms with Crippen molar-refractivity contribution >= 4 is 17.3 Å². The molecule has 1 heterocycles. The summed E-state index contributed by atoms with van der Waals surface area (Å²) < 4.78 is 14.9. The van der Waals surface area contributed by atoms with E-state index in [1.807, 2.05) is 0 Å². The highest BCUT2D eigenvalue weighted by Crippen LogP contribution is 2.40. The van der Waals surface area contributed by atoms with E-state index in [-0.39, 0.29) is 18.2 Å². The molecule has 1 N–H and O–H groups in total. The zero-order chi connectivity index (χ0) is 14.7. The Morgan fingerprint density at radius 2 is 2.15 bits per heavy atom. The predicted octanol–water partition coefficient (Wildman–Crippen LogP) is 1.69. The minimum atomic E-state index is -0.668. The van der Waals surface area contributed by atoms with Gasteiger partial charge >= 0.3 is 5.97 Å². The summed E-state index contributed by atoms with van der Waals surface area (Å²) in [7, 11) is 1.26. The quantitative estimate of drug-likeness (QED) is 0.498. The summed E-state index contributed by atoms with van der Waals surface area (Å²) in [4.78, 5) is 22.1. The molecule has 1 aromatic carbocycles. The standard InChI is InChI=1S/C12H14N2O6/c1-3-7(12(15)18-2)13-8-4-10-11(20-6-19-10)5-9(8)14(16)17/h4-5,7,13H,3,6H2,1-2H3. The number of hydrogen-bond donors (Lipinski definition) is 1. The smallest absolute Gasteiger partial charge is 0.328 e. The van der Waals surface area contributed by atoms with E-state index < -0.39 is 16.9 Å². The summed E-state index contributed by atoms with van der Waals surface area (Å²) in [6.07, 6.45) is 0.429. The molecule has 0 bridgehead atoms. The molecule has 0 saturated heterocycles. The van der Waals surface area contributed by atoms with Gasteiger partial charge in [-0.15, -0.1) is 0 Å². The van der Waals surface area contributed by atoms with Crippen LogP contribution in [0.4, 0.5) is 11.4 Å². The largest absolute Gasteiger partial charge is 0.467 e. The summed E-state index contributed by atoms with van der Waals surface area (Å²) in [6, 6.07) is 2.06. The van der Waals surface area contributed by atoms with Crippen LogP contribution in [-0.4, -0.2) is 30.8 Å². The summed E-state index contributed by atoms with van der Waals surface area (Å²) in [5, 5.41) is 13.9. The van der Waals surface area contributed by atoms with Crippen LogP contribution in [0, 0.1) is 10.1 Å². The van der Waals surface area contributed by atoms with Gasteiger partial charge in [-0.3, -0.25) is 10.1 Å². The molecule has 1 aliphatic heterocycles. The number of hydrogen-bond acceptors (Lipinski definition) is 7. The Kier molecular flexibility index (Phi) is 3.92. The summed E-state index contributed by atoms with van der Waals surface area (Å²) in [5.74, 6) is 0.227. The maximum atomic E-state index is 11.6. The lowest BCUT2D eigenvalue weighted by molar-refractivity contribution is -0.384. The van der Waals surface area contributed by atoms with E-state index in [0.29, 0.717) is 17.9 Å². The van der Waals surface area contributed by atoms with Crippen LogP contribution in [0.3, 0.4) is 0 Å². The second-order valence-corrected chi connectivity index (χ2v) is 4.11. The van der Waals surface area contributed by atoms with Crippen LogP contribution in [-0.2, 0) is 9.53 Å². The number of nitrogens with one attached hydrogen (secondary N) is 1. The lowest BCUT2D eigenvalue weighted by atomic mass is 10.2. The first-order valence-electron chi connectivity index (χ1n) is 5.99. The number of anilines is 1. The minimum Gasteiger partial charge on any atom is -0.467 e. The van der Waals surface area contributed by atoms with E-state index in [2.05, 4.69) is 10.1 Å². The van der Waals surface area contributed by atoms with Gasteiger partial charge in [-0.05, 0) is 6.42 Å². The van der Waals surface area contributed by atoms with Crippen molar-refractivity contribution in [1.29, 1.82) is 0 Å². The number of nitro benzene ring substituents is 1. The molecule has 20 heavy (non-hydrogen) atoms. The lowest BCUT2D eigenvalue weighted by Gasteiger charge is -2.16. The van der Waals surface area contributed by atoms with Gasteiger partial charge in [0.15, 0.2) is 11.5 Å². The van der Waals surface area contributed by atoms with Gasteiger partial charge in [0, 0.05) is 6.07 Å². The van der Waals surface area contributed by atoms with Crippen LogP contribution < -0.4 is 14.8 Å². The highest BCUT2D eigenvalue weighted by molar-refractivity contribution is 5.81. The highest BCUT2D eigenvalue weighted by atomic mass is 16.7. The van der Waals surface area contributed by atoms with Crippen molar-refractivity contribution < 1.29 is 23.9 Å². The molecule has 1 unspecified atom stereocenters. The van der Waals surface area contributed by atoms with Gasteiger partial charge in [0.2, 0.25) is 6.79 Å². The van der Waals surface area contributed by atoms with Gasteiger partial charge < -0.3 is 19.5 Å². The van der Waals surface area contributed by atoms with Crippen LogP contribution in [0.1, 0.15) is 13.3 Å². The summed E-state index contributed by atoms with van der Waals surface area (Å²) in [6.45, 7) is 1.79. The molecule has 108 valence electrons. The number of nitrogens with zero attached hydrogens (tertiary/aromatic N) is 1. The second-order valence-electron chi connectivity index (χ2n) is 4.11. The Hall–Kier alpha value is -2.51. The van der Waals surface area contributed by atoms with Crippen LogP contribution in [0.15, 0.2) is 12.1 Å². The molecule has 1 aliphatic rings. The van der Waals surface area contributed by atoms with Gasteiger partial charge in [-0.1, -0.05) is 6.92 Å². The first-order valence-corrected chi connectivity index (χ1v) is 5.99. The van der Waals surface area contributed by atoms with E-state index in [9.17, 15) is 14.9 Å².